The third-order valence-electron chi connectivity index (χ3n) is 3.20. The third kappa shape index (κ3) is 4.08. The summed E-state index contributed by atoms with van der Waals surface area (Å²) in [6, 6.07) is 9.54. The van der Waals surface area contributed by atoms with Crippen LogP contribution in [0.15, 0.2) is 30.3 Å². The standard InChI is InChI=1S/C16H22N4O2/c1-11-5-7-14(8-6-11)20-13(3)9-15(19-20)18-16(21)17-12(2)10-22-4/h5-9,12H,10H2,1-4H3,(H2,17,18,19,21)/t12-/m0/s1. The second-order valence-electron chi connectivity index (χ2n) is 5.37. The predicted molar refractivity (Wildman–Crippen MR) is 86.5 cm³/mol. The lowest BCUT2D eigenvalue weighted by Gasteiger charge is -2.12. The Bertz CT molecular complexity index is 634. The predicted octanol–water partition coefficient (Wildman–Crippen LogP) is 2.65. The van der Waals surface area contributed by atoms with Crippen molar-refractivity contribution in [2.24, 2.45) is 0 Å². The molecule has 118 valence electrons. The van der Waals surface area contributed by atoms with Gasteiger partial charge in [-0.15, -0.1) is 5.10 Å². The molecular formula is C16H22N4O2. The summed E-state index contributed by atoms with van der Waals surface area (Å²) in [4.78, 5) is 11.9. The molecule has 0 aliphatic rings. The van der Waals surface area contributed by atoms with Crippen LogP contribution in [0.5, 0.6) is 0 Å². The molecule has 0 fully saturated rings. The van der Waals surface area contributed by atoms with Crippen LogP contribution >= 0.6 is 0 Å². The van der Waals surface area contributed by atoms with Crippen LogP contribution in [0.4, 0.5) is 10.6 Å². The van der Waals surface area contributed by atoms with Crippen LogP contribution < -0.4 is 10.6 Å². The van der Waals surface area contributed by atoms with Gasteiger partial charge in [-0.05, 0) is 32.9 Å². The molecule has 6 nitrogen and oxygen atoms in total. The molecule has 0 aliphatic carbocycles. The van der Waals surface area contributed by atoms with Gasteiger partial charge in [0.2, 0.25) is 0 Å². The Hall–Kier alpha value is -2.34. The molecule has 1 atom stereocenters. The Morgan fingerprint density at radius 3 is 2.64 bits per heavy atom. The van der Waals surface area contributed by atoms with Crippen molar-refractivity contribution in [2.45, 2.75) is 26.8 Å². The Balaban J connectivity index is 2.06. The second-order valence-corrected chi connectivity index (χ2v) is 5.37. The van der Waals surface area contributed by atoms with E-state index in [1.165, 1.54) is 5.56 Å². The van der Waals surface area contributed by atoms with Crippen molar-refractivity contribution in [1.29, 1.82) is 0 Å². The minimum Gasteiger partial charge on any atom is -0.383 e. The van der Waals surface area contributed by atoms with Gasteiger partial charge in [0, 0.05) is 18.9 Å². The van der Waals surface area contributed by atoms with E-state index in [9.17, 15) is 4.79 Å². The van der Waals surface area contributed by atoms with Crippen molar-refractivity contribution < 1.29 is 9.53 Å². The molecule has 2 amide bonds. The largest absolute Gasteiger partial charge is 0.383 e. The van der Waals surface area contributed by atoms with Gasteiger partial charge >= 0.3 is 6.03 Å². The van der Waals surface area contributed by atoms with Crippen LogP contribution in [0.3, 0.4) is 0 Å². The molecular weight excluding hydrogens is 280 g/mol. The zero-order valence-corrected chi connectivity index (χ0v) is 13.4. The number of hydrogen-bond donors (Lipinski definition) is 2. The van der Waals surface area contributed by atoms with Gasteiger partial charge in [0.05, 0.1) is 18.3 Å². The van der Waals surface area contributed by atoms with Crippen molar-refractivity contribution in [3.63, 3.8) is 0 Å². The number of aryl methyl sites for hydroxylation is 2. The molecule has 0 saturated carbocycles. The smallest absolute Gasteiger partial charge is 0.320 e. The van der Waals surface area contributed by atoms with E-state index in [1.807, 2.05) is 51.1 Å². The highest BCUT2D eigenvalue weighted by atomic mass is 16.5. The van der Waals surface area contributed by atoms with Gasteiger partial charge in [0.1, 0.15) is 0 Å². The van der Waals surface area contributed by atoms with E-state index in [-0.39, 0.29) is 12.1 Å². The van der Waals surface area contributed by atoms with Crippen molar-refractivity contribution in [2.75, 3.05) is 19.0 Å². The van der Waals surface area contributed by atoms with Crippen LogP contribution in [0.2, 0.25) is 0 Å². The van der Waals surface area contributed by atoms with E-state index in [1.54, 1.807) is 11.8 Å². The first-order valence-electron chi connectivity index (χ1n) is 7.19. The monoisotopic (exact) mass is 302 g/mol. The first-order chi connectivity index (χ1) is 10.5. The van der Waals surface area contributed by atoms with Crippen molar-refractivity contribution in [3.8, 4) is 5.69 Å². The highest BCUT2D eigenvalue weighted by Gasteiger charge is 2.11. The Morgan fingerprint density at radius 2 is 2.00 bits per heavy atom. The number of nitrogens with zero attached hydrogens (tertiary/aromatic N) is 2. The van der Waals surface area contributed by atoms with Crippen LogP contribution in [-0.4, -0.2) is 35.6 Å². The molecule has 0 spiro atoms. The number of methoxy groups -OCH3 is 1. The Morgan fingerprint density at radius 1 is 1.32 bits per heavy atom. The summed E-state index contributed by atoms with van der Waals surface area (Å²) in [6.07, 6.45) is 0. The van der Waals surface area contributed by atoms with Gasteiger partial charge < -0.3 is 10.1 Å². The first kappa shape index (κ1) is 16.0. The maximum atomic E-state index is 11.9. The lowest BCUT2D eigenvalue weighted by Crippen LogP contribution is -2.38. The van der Waals surface area contributed by atoms with Crippen LogP contribution in [-0.2, 0) is 4.74 Å². The number of benzene rings is 1. The van der Waals surface area contributed by atoms with E-state index in [0.29, 0.717) is 12.4 Å². The Labute approximate surface area is 130 Å². The fraction of sp³-hybridized carbons (Fsp3) is 0.375. The zero-order chi connectivity index (χ0) is 16.1. The summed E-state index contributed by atoms with van der Waals surface area (Å²) in [5.41, 5.74) is 3.10. The number of ether oxygens (including phenoxy) is 1. The molecule has 22 heavy (non-hydrogen) atoms. The fourth-order valence-corrected chi connectivity index (χ4v) is 2.15. The molecule has 0 bridgehead atoms. The van der Waals surface area contributed by atoms with Crippen LogP contribution in [0, 0.1) is 13.8 Å². The number of anilines is 1. The van der Waals surface area contributed by atoms with Gasteiger partial charge in [-0.2, -0.15) is 0 Å². The zero-order valence-electron chi connectivity index (χ0n) is 13.4. The summed E-state index contributed by atoms with van der Waals surface area (Å²) >= 11 is 0. The van der Waals surface area contributed by atoms with Crippen molar-refractivity contribution in [3.05, 3.63) is 41.6 Å². The van der Waals surface area contributed by atoms with Gasteiger partial charge in [0.15, 0.2) is 5.82 Å². The lowest BCUT2D eigenvalue weighted by molar-refractivity contribution is 0.173. The number of amides is 2. The molecule has 2 rings (SSSR count). The topological polar surface area (TPSA) is 68.2 Å². The maximum absolute atomic E-state index is 11.9. The molecule has 0 unspecified atom stereocenters. The average molecular weight is 302 g/mol. The number of carbonyl (C=O) groups excluding carboxylic acids is 1. The van der Waals surface area contributed by atoms with E-state index >= 15 is 0 Å². The summed E-state index contributed by atoms with van der Waals surface area (Å²) in [5.74, 6) is 0.514. The molecule has 2 N–H and O–H groups in total. The molecule has 2 aromatic rings. The fourth-order valence-electron chi connectivity index (χ4n) is 2.15. The first-order valence-corrected chi connectivity index (χ1v) is 7.19. The number of nitrogens with one attached hydrogen (secondary N) is 2. The number of carbonyl (C=O) groups is 1. The molecule has 1 aromatic carbocycles. The van der Waals surface area contributed by atoms with Crippen molar-refractivity contribution >= 4 is 11.8 Å². The highest BCUT2D eigenvalue weighted by Crippen LogP contribution is 2.15. The summed E-state index contributed by atoms with van der Waals surface area (Å²) in [5, 5.41) is 9.93. The van der Waals surface area contributed by atoms with E-state index in [2.05, 4.69) is 15.7 Å². The molecule has 1 heterocycles. The van der Waals surface area contributed by atoms with Gasteiger partial charge in [0.25, 0.3) is 0 Å². The van der Waals surface area contributed by atoms with E-state index < -0.39 is 0 Å². The van der Waals surface area contributed by atoms with Crippen molar-refractivity contribution in [1.82, 2.24) is 15.1 Å². The minimum atomic E-state index is -0.293. The SMILES string of the molecule is COC[C@H](C)NC(=O)Nc1cc(C)n(-c2ccc(C)cc2)n1. The number of urea groups is 1. The number of hydrogen-bond acceptors (Lipinski definition) is 3. The summed E-state index contributed by atoms with van der Waals surface area (Å²) in [6.45, 7) is 6.32. The molecule has 1 aromatic heterocycles. The van der Waals surface area contributed by atoms with E-state index in [4.69, 9.17) is 4.74 Å². The highest BCUT2D eigenvalue weighted by molar-refractivity contribution is 5.88. The number of aromatic nitrogens is 2. The van der Waals surface area contributed by atoms with E-state index in [0.717, 1.165) is 11.4 Å². The second kappa shape index (κ2) is 7.09. The molecule has 0 saturated heterocycles. The minimum absolute atomic E-state index is 0.0646. The lowest BCUT2D eigenvalue weighted by atomic mass is 10.2. The molecule has 0 aliphatic heterocycles. The van der Waals surface area contributed by atoms with Gasteiger partial charge in [-0.1, -0.05) is 17.7 Å². The summed E-state index contributed by atoms with van der Waals surface area (Å²) < 4.78 is 6.78. The normalized spacial score (nSPS) is 12.0. The van der Waals surface area contributed by atoms with Gasteiger partial charge in [-0.25, -0.2) is 9.48 Å². The summed E-state index contributed by atoms with van der Waals surface area (Å²) in [7, 11) is 1.60. The average Bonchev–Trinajstić information content (AvgIpc) is 2.80. The van der Waals surface area contributed by atoms with Gasteiger partial charge in [-0.3, -0.25) is 5.32 Å². The quantitative estimate of drug-likeness (QED) is 0.892. The number of rotatable bonds is 5. The Kier molecular flexibility index (Phi) is 5.16. The third-order valence-corrected chi connectivity index (χ3v) is 3.20. The molecule has 0 radical (unpaired) electrons. The maximum Gasteiger partial charge on any atom is 0.320 e. The van der Waals surface area contributed by atoms with Crippen LogP contribution in [0.25, 0.3) is 5.69 Å². The van der Waals surface area contributed by atoms with Crippen LogP contribution in [0.1, 0.15) is 18.2 Å². The molecule has 6 heteroatoms.